The minimum atomic E-state index is -0.539. The van der Waals surface area contributed by atoms with E-state index in [4.69, 9.17) is 0 Å². The lowest BCUT2D eigenvalue weighted by Crippen LogP contribution is -2.40. The van der Waals surface area contributed by atoms with Crippen molar-refractivity contribution >= 4 is 50.2 Å². The van der Waals surface area contributed by atoms with Crippen molar-refractivity contribution in [2.24, 2.45) is 0 Å². The summed E-state index contributed by atoms with van der Waals surface area (Å²) >= 11 is 2.77. The number of nitrogens with one attached hydrogen (secondary N) is 2. The topological polar surface area (TPSA) is 88.4 Å². The molecular weight excluding hydrogens is 334 g/mol. The molecular formula is C14H13N5O2S2. The van der Waals surface area contributed by atoms with Gasteiger partial charge in [0.2, 0.25) is 10.9 Å². The summed E-state index contributed by atoms with van der Waals surface area (Å²) in [5.74, 6) is -0.320. The molecule has 0 spiro atoms. The first-order valence-corrected chi connectivity index (χ1v) is 8.53. The molecule has 1 aromatic carbocycles. The number of imide groups is 1. The van der Waals surface area contributed by atoms with Gasteiger partial charge in [-0.2, -0.15) is 0 Å². The van der Waals surface area contributed by atoms with Crippen molar-refractivity contribution in [3.63, 3.8) is 0 Å². The molecule has 3 amide bonds. The Kier molecular flexibility index (Phi) is 4.58. The molecule has 0 bridgehead atoms. The Bertz CT molecular complexity index is 886. The number of hydrogen-bond acceptors (Lipinski definition) is 6. The average molecular weight is 347 g/mol. The van der Waals surface area contributed by atoms with Crippen LogP contribution < -0.4 is 10.6 Å². The van der Waals surface area contributed by atoms with Gasteiger partial charge in [0, 0.05) is 6.54 Å². The Morgan fingerprint density at radius 1 is 1.35 bits per heavy atom. The average Bonchev–Trinajstić information content (AvgIpc) is 3.10. The van der Waals surface area contributed by atoms with Crippen molar-refractivity contribution in [3.8, 4) is 0 Å². The molecule has 7 nitrogen and oxygen atoms in total. The molecule has 23 heavy (non-hydrogen) atoms. The summed E-state index contributed by atoms with van der Waals surface area (Å²) in [7, 11) is 0. The normalized spacial score (nSPS) is 10.8. The molecule has 9 heteroatoms. The molecule has 0 fully saturated rings. The van der Waals surface area contributed by atoms with Crippen LogP contribution in [0.15, 0.2) is 42.1 Å². The van der Waals surface area contributed by atoms with E-state index in [1.54, 1.807) is 0 Å². The van der Waals surface area contributed by atoms with E-state index in [1.807, 2.05) is 28.7 Å². The highest BCUT2D eigenvalue weighted by Crippen LogP contribution is 2.29. The second-order valence-corrected chi connectivity index (χ2v) is 6.46. The maximum absolute atomic E-state index is 11.8. The predicted octanol–water partition coefficient (Wildman–Crippen LogP) is 2.05. The third kappa shape index (κ3) is 3.35. The lowest BCUT2D eigenvalue weighted by Gasteiger charge is -2.04. The summed E-state index contributed by atoms with van der Waals surface area (Å²) in [6.07, 6.45) is 1.54. The maximum Gasteiger partial charge on any atom is 0.321 e. The third-order valence-electron chi connectivity index (χ3n) is 2.90. The van der Waals surface area contributed by atoms with Crippen molar-refractivity contribution in [3.05, 3.63) is 36.9 Å². The molecule has 118 valence electrons. The summed E-state index contributed by atoms with van der Waals surface area (Å²) < 4.78 is 3.02. The number of aromatic nitrogens is 3. The number of para-hydroxylation sites is 1. The summed E-state index contributed by atoms with van der Waals surface area (Å²) in [5, 5.41) is 13.6. The Labute approximate surface area is 139 Å². The summed E-state index contributed by atoms with van der Waals surface area (Å²) in [6, 6.07) is 7.37. The van der Waals surface area contributed by atoms with Crippen LogP contribution in [0.3, 0.4) is 0 Å². The summed E-state index contributed by atoms with van der Waals surface area (Å²) in [4.78, 5) is 23.9. The fourth-order valence-corrected chi connectivity index (χ4v) is 3.72. The molecule has 0 aliphatic carbocycles. The van der Waals surface area contributed by atoms with Crippen molar-refractivity contribution in [1.82, 2.24) is 25.2 Å². The van der Waals surface area contributed by atoms with Gasteiger partial charge in [-0.15, -0.1) is 16.8 Å². The number of amides is 3. The van der Waals surface area contributed by atoms with Crippen molar-refractivity contribution < 1.29 is 9.59 Å². The van der Waals surface area contributed by atoms with Crippen molar-refractivity contribution in [2.45, 2.75) is 5.16 Å². The maximum atomic E-state index is 11.8. The first kappa shape index (κ1) is 15.5. The molecule has 0 aliphatic heterocycles. The number of rotatable bonds is 5. The zero-order valence-electron chi connectivity index (χ0n) is 12.0. The summed E-state index contributed by atoms with van der Waals surface area (Å²) in [5.41, 5.74) is 1.00. The van der Waals surface area contributed by atoms with E-state index in [1.165, 1.54) is 29.2 Å². The van der Waals surface area contributed by atoms with E-state index >= 15 is 0 Å². The monoisotopic (exact) mass is 347 g/mol. The van der Waals surface area contributed by atoms with Gasteiger partial charge in [0.1, 0.15) is 0 Å². The van der Waals surface area contributed by atoms with E-state index < -0.39 is 11.9 Å². The lowest BCUT2D eigenvalue weighted by molar-refractivity contribution is -0.117. The fourth-order valence-electron chi connectivity index (χ4n) is 1.95. The van der Waals surface area contributed by atoms with Gasteiger partial charge in [-0.05, 0) is 12.1 Å². The Balaban J connectivity index is 1.69. The molecule has 0 atom stereocenters. The number of fused-ring (bicyclic) bond motifs is 3. The van der Waals surface area contributed by atoms with Gasteiger partial charge in [-0.1, -0.05) is 41.3 Å². The zero-order chi connectivity index (χ0) is 16.2. The van der Waals surface area contributed by atoms with Gasteiger partial charge in [-0.3, -0.25) is 14.5 Å². The van der Waals surface area contributed by atoms with E-state index in [9.17, 15) is 9.59 Å². The molecule has 0 aliphatic rings. The molecule has 2 heterocycles. The molecule has 0 unspecified atom stereocenters. The number of thioether (sulfide) groups is 1. The highest BCUT2D eigenvalue weighted by atomic mass is 32.2. The van der Waals surface area contributed by atoms with E-state index in [-0.39, 0.29) is 5.75 Å². The Hall–Kier alpha value is -2.39. The number of benzene rings is 1. The van der Waals surface area contributed by atoms with Crippen LogP contribution in [0.1, 0.15) is 0 Å². The SMILES string of the molecule is C=CCNC(=O)NC(=O)CSc1nnc2sc3ccccc3n12. The molecule has 0 saturated heterocycles. The zero-order valence-corrected chi connectivity index (χ0v) is 13.6. The van der Waals surface area contributed by atoms with Gasteiger partial charge in [-0.25, -0.2) is 4.79 Å². The molecule has 3 rings (SSSR count). The molecule has 2 aromatic heterocycles. The fraction of sp³-hybridized carbons (Fsp3) is 0.143. The predicted molar refractivity (Wildman–Crippen MR) is 90.8 cm³/mol. The Morgan fingerprint density at radius 2 is 2.17 bits per heavy atom. The van der Waals surface area contributed by atoms with Gasteiger partial charge in [0.25, 0.3) is 0 Å². The quantitative estimate of drug-likeness (QED) is 0.545. The van der Waals surface area contributed by atoms with E-state index in [0.29, 0.717) is 11.7 Å². The van der Waals surface area contributed by atoms with Crippen LogP contribution in [0.25, 0.3) is 15.2 Å². The highest BCUT2D eigenvalue weighted by Gasteiger charge is 2.14. The second-order valence-electron chi connectivity index (χ2n) is 4.51. The van der Waals surface area contributed by atoms with Crippen molar-refractivity contribution in [2.75, 3.05) is 12.3 Å². The van der Waals surface area contributed by atoms with Gasteiger partial charge in [0.05, 0.1) is 16.0 Å². The van der Waals surface area contributed by atoms with Crippen LogP contribution in [0, 0.1) is 0 Å². The first-order chi connectivity index (χ1) is 11.2. The number of urea groups is 1. The number of thiazole rings is 1. The molecule has 0 radical (unpaired) electrons. The molecule has 2 N–H and O–H groups in total. The van der Waals surface area contributed by atoms with Gasteiger partial charge < -0.3 is 5.32 Å². The van der Waals surface area contributed by atoms with Crippen LogP contribution in [0.5, 0.6) is 0 Å². The second kappa shape index (κ2) is 6.80. The van der Waals surface area contributed by atoms with Crippen LogP contribution in [-0.2, 0) is 4.79 Å². The van der Waals surface area contributed by atoms with Gasteiger partial charge >= 0.3 is 6.03 Å². The van der Waals surface area contributed by atoms with Crippen LogP contribution in [0.4, 0.5) is 4.79 Å². The minimum absolute atomic E-state index is 0.0759. The number of carbonyl (C=O) groups excluding carboxylic acids is 2. The van der Waals surface area contributed by atoms with Gasteiger partial charge in [0.15, 0.2) is 5.16 Å². The molecule has 0 saturated carbocycles. The largest absolute Gasteiger partial charge is 0.334 e. The number of nitrogens with zero attached hydrogens (tertiary/aromatic N) is 3. The Morgan fingerprint density at radius 3 is 3.00 bits per heavy atom. The summed E-state index contributed by atoms with van der Waals surface area (Å²) in [6.45, 7) is 3.79. The van der Waals surface area contributed by atoms with Crippen molar-refractivity contribution in [1.29, 1.82) is 0 Å². The number of hydrogen-bond donors (Lipinski definition) is 2. The van der Waals surface area contributed by atoms with E-state index in [0.717, 1.165) is 15.2 Å². The van der Waals surface area contributed by atoms with Crippen LogP contribution in [0.2, 0.25) is 0 Å². The first-order valence-electron chi connectivity index (χ1n) is 6.73. The standard InChI is InChI=1S/C14H13N5O2S2/c1-2-7-15-12(21)16-11(20)8-22-13-17-18-14-19(13)9-5-3-4-6-10(9)23-14/h2-6H,1,7-8H2,(H2,15,16,20,21). The molecule has 3 aromatic rings. The third-order valence-corrected chi connectivity index (χ3v) is 4.84. The number of carbonyl (C=O) groups is 2. The smallest absolute Gasteiger partial charge is 0.321 e. The van der Waals surface area contributed by atoms with Crippen LogP contribution in [-0.4, -0.2) is 38.8 Å². The van der Waals surface area contributed by atoms with Crippen LogP contribution >= 0.6 is 23.1 Å². The minimum Gasteiger partial charge on any atom is -0.334 e. The lowest BCUT2D eigenvalue weighted by atomic mass is 10.3. The highest BCUT2D eigenvalue weighted by molar-refractivity contribution is 7.99. The van der Waals surface area contributed by atoms with E-state index in [2.05, 4.69) is 27.4 Å².